The van der Waals surface area contributed by atoms with Gasteiger partial charge in [-0.05, 0) is 36.9 Å². The summed E-state index contributed by atoms with van der Waals surface area (Å²) in [5.74, 6) is 0.0542. The minimum atomic E-state index is -3.56. The van der Waals surface area contributed by atoms with Crippen LogP contribution in [0.15, 0.2) is 29.2 Å². The lowest BCUT2D eigenvalue weighted by molar-refractivity contribution is 0.255. The number of hydrogen-bond acceptors (Lipinski definition) is 4. The van der Waals surface area contributed by atoms with Gasteiger partial charge in [-0.25, -0.2) is 13.1 Å². The Morgan fingerprint density at radius 1 is 1.23 bits per heavy atom. The number of hydrogen-bond donors (Lipinski definition) is 3. The summed E-state index contributed by atoms with van der Waals surface area (Å²) in [5.41, 5.74) is 6.17. The van der Waals surface area contributed by atoms with Crippen molar-refractivity contribution in [3.8, 4) is 0 Å². The van der Waals surface area contributed by atoms with Crippen molar-refractivity contribution in [1.82, 2.24) is 4.72 Å². The zero-order valence-corrected chi connectivity index (χ0v) is 14.3. The molecular formula is C16H28N2O3S. The van der Waals surface area contributed by atoms with Crippen LogP contribution >= 0.6 is 0 Å². The number of unbranched alkanes of at least 4 members (excludes halogenated alkanes) is 1. The highest BCUT2D eigenvalue weighted by Gasteiger charge is 2.22. The third kappa shape index (κ3) is 5.68. The minimum absolute atomic E-state index is 0.0682. The highest BCUT2D eigenvalue weighted by atomic mass is 32.2. The van der Waals surface area contributed by atoms with Crippen LogP contribution in [0.5, 0.6) is 0 Å². The second kappa shape index (κ2) is 9.25. The SMILES string of the molecule is CC(C)CNS(=O)(=O)c1ccccc1C(CO)CCCCN. The first-order valence-corrected chi connectivity index (χ1v) is 9.30. The van der Waals surface area contributed by atoms with Crippen molar-refractivity contribution in [3.63, 3.8) is 0 Å². The predicted molar refractivity (Wildman–Crippen MR) is 89.2 cm³/mol. The largest absolute Gasteiger partial charge is 0.396 e. The summed E-state index contributed by atoms with van der Waals surface area (Å²) in [6.07, 6.45) is 2.47. The van der Waals surface area contributed by atoms with Crippen molar-refractivity contribution in [2.45, 2.75) is 43.9 Å². The fourth-order valence-corrected chi connectivity index (χ4v) is 3.81. The van der Waals surface area contributed by atoms with Crippen LogP contribution in [0.3, 0.4) is 0 Å². The van der Waals surface area contributed by atoms with Gasteiger partial charge in [0.1, 0.15) is 0 Å². The Morgan fingerprint density at radius 3 is 2.50 bits per heavy atom. The van der Waals surface area contributed by atoms with Crippen molar-refractivity contribution >= 4 is 10.0 Å². The lowest BCUT2D eigenvalue weighted by Crippen LogP contribution is -2.29. The van der Waals surface area contributed by atoms with Gasteiger partial charge >= 0.3 is 0 Å². The number of rotatable bonds is 10. The highest BCUT2D eigenvalue weighted by molar-refractivity contribution is 7.89. The fraction of sp³-hybridized carbons (Fsp3) is 0.625. The standard InChI is InChI=1S/C16H28N2O3S/c1-13(2)11-18-22(20,21)16-9-4-3-8-15(16)14(12-19)7-5-6-10-17/h3-4,8-9,13-14,18-19H,5-7,10-12,17H2,1-2H3. The maximum Gasteiger partial charge on any atom is 0.240 e. The van der Waals surface area contributed by atoms with Crippen LogP contribution in [0.4, 0.5) is 0 Å². The lowest BCUT2D eigenvalue weighted by Gasteiger charge is -2.19. The summed E-state index contributed by atoms with van der Waals surface area (Å²) in [7, 11) is -3.56. The molecule has 1 rings (SSSR count). The van der Waals surface area contributed by atoms with E-state index < -0.39 is 10.0 Å². The zero-order valence-electron chi connectivity index (χ0n) is 13.5. The summed E-state index contributed by atoms with van der Waals surface area (Å²) < 4.78 is 27.6. The Morgan fingerprint density at radius 2 is 1.91 bits per heavy atom. The van der Waals surface area contributed by atoms with Gasteiger partial charge in [0.2, 0.25) is 10.0 Å². The van der Waals surface area contributed by atoms with Gasteiger partial charge in [0.15, 0.2) is 0 Å². The smallest absolute Gasteiger partial charge is 0.240 e. The number of nitrogens with two attached hydrogens (primary N) is 1. The number of benzene rings is 1. The molecule has 0 saturated heterocycles. The molecule has 0 saturated carbocycles. The lowest BCUT2D eigenvalue weighted by atomic mass is 9.94. The van der Waals surface area contributed by atoms with E-state index in [2.05, 4.69) is 4.72 Å². The molecule has 0 bridgehead atoms. The van der Waals surface area contributed by atoms with E-state index in [1.165, 1.54) is 0 Å². The molecule has 4 N–H and O–H groups in total. The summed E-state index contributed by atoms with van der Waals surface area (Å²) in [6.45, 7) is 4.85. The van der Waals surface area contributed by atoms with Gasteiger partial charge < -0.3 is 10.8 Å². The second-order valence-corrected chi connectivity index (χ2v) is 7.68. The van der Waals surface area contributed by atoms with E-state index in [0.29, 0.717) is 18.7 Å². The molecule has 1 atom stereocenters. The normalized spacial score (nSPS) is 13.5. The number of aliphatic hydroxyl groups is 1. The van der Waals surface area contributed by atoms with Crippen LogP contribution < -0.4 is 10.5 Å². The molecule has 0 radical (unpaired) electrons. The summed E-state index contributed by atoms with van der Waals surface area (Å²) >= 11 is 0. The molecule has 1 aromatic carbocycles. The van der Waals surface area contributed by atoms with E-state index in [1.54, 1.807) is 18.2 Å². The molecule has 5 nitrogen and oxygen atoms in total. The van der Waals surface area contributed by atoms with Gasteiger partial charge in [-0.3, -0.25) is 0 Å². The van der Waals surface area contributed by atoms with Gasteiger partial charge in [0.25, 0.3) is 0 Å². The van der Waals surface area contributed by atoms with E-state index >= 15 is 0 Å². The van der Waals surface area contributed by atoms with Gasteiger partial charge in [-0.15, -0.1) is 0 Å². The van der Waals surface area contributed by atoms with Gasteiger partial charge in [-0.2, -0.15) is 0 Å². The monoisotopic (exact) mass is 328 g/mol. The molecule has 0 aromatic heterocycles. The second-order valence-electron chi connectivity index (χ2n) is 5.95. The zero-order chi connectivity index (χ0) is 16.6. The van der Waals surface area contributed by atoms with Gasteiger partial charge in [0.05, 0.1) is 4.90 Å². The quantitative estimate of drug-likeness (QED) is 0.571. The van der Waals surface area contributed by atoms with E-state index in [4.69, 9.17) is 5.73 Å². The molecular weight excluding hydrogens is 300 g/mol. The molecule has 0 aliphatic carbocycles. The third-order valence-corrected chi connectivity index (χ3v) is 5.05. The van der Waals surface area contributed by atoms with Crippen molar-refractivity contribution in [1.29, 1.82) is 0 Å². The van der Waals surface area contributed by atoms with Crippen LogP contribution in [-0.4, -0.2) is 33.2 Å². The van der Waals surface area contributed by atoms with E-state index in [0.717, 1.165) is 19.3 Å². The number of aliphatic hydroxyl groups excluding tert-OH is 1. The van der Waals surface area contributed by atoms with Gasteiger partial charge in [-0.1, -0.05) is 38.5 Å². The minimum Gasteiger partial charge on any atom is -0.396 e. The topological polar surface area (TPSA) is 92.4 Å². The first-order valence-electron chi connectivity index (χ1n) is 7.82. The van der Waals surface area contributed by atoms with Crippen LogP contribution in [0.25, 0.3) is 0 Å². The summed E-state index contributed by atoms with van der Waals surface area (Å²) in [4.78, 5) is 0.266. The Bertz CT molecular complexity index is 544. The average molecular weight is 328 g/mol. The van der Waals surface area contributed by atoms with Crippen molar-refractivity contribution in [2.24, 2.45) is 11.7 Å². The average Bonchev–Trinajstić information content (AvgIpc) is 2.50. The van der Waals surface area contributed by atoms with Crippen molar-refractivity contribution < 1.29 is 13.5 Å². The van der Waals surface area contributed by atoms with Crippen LogP contribution in [0.2, 0.25) is 0 Å². The van der Waals surface area contributed by atoms with Gasteiger partial charge in [0, 0.05) is 19.1 Å². The predicted octanol–water partition coefficient (Wildman–Crippen LogP) is 1.83. The number of nitrogens with one attached hydrogen (secondary N) is 1. The number of sulfonamides is 1. The molecule has 0 aliphatic heterocycles. The van der Waals surface area contributed by atoms with E-state index in [9.17, 15) is 13.5 Å². The Labute approximate surface area is 134 Å². The molecule has 0 amide bonds. The summed E-state index contributed by atoms with van der Waals surface area (Å²) in [5, 5.41) is 9.64. The van der Waals surface area contributed by atoms with Crippen LogP contribution in [0.1, 0.15) is 44.6 Å². The van der Waals surface area contributed by atoms with E-state index in [1.807, 2.05) is 19.9 Å². The maximum atomic E-state index is 12.5. The summed E-state index contributed by atoms with van der Waals surface area (Å²) in [6, 6.07) is 6.90. The molecule has 0 aliphatic rings. The van der Waals surface area contributed by atoms with Crippen molar-refractivity contribution in [3.05, 3.63) is 29.8 Å². The third-order valence-electron chi connectivity index (χ3n) is 3.56. The van der Waals surface area contributed by atoms with E-state index in [-0.39, 0.29) is 23.3 Å². The maximum absolute atomic E-state index is 12.5. The Hall–Kier alpha value is -0.950. The fourth-order valence-electron chi connectivity index (χ4n) is 2.30. The highest BCUT2D eigenvalue weighted by Crippen LogP contribution is 2.27. The molecule has 1 aromatic rings. The molecule has 1 unspecified atom stereocenters. The van der Waals surface area contributed by atoms with Crippen LogP contribution in [0, 0.1) is 5.92 Å². The van der Waals surface area contributed by atoms with Crippen LogP contribution in [-0.2, 0) is 10.0 Å². The molecule has 0 heterocycles. The molecule has 6 heteroatoms. The first kappa shape index (κ1) is 19.1. The molecule has 126 valence electrons. The first-order chi connectivity index (χ1) is 10.4. The Kier molecular flexibility index (Phi) is 8.03. The van der Waals surface area contributed by atoms with Crippen molar-refractivity contribution in [2.75, 3.05) is 19.7 Å². The molecule has 0 spiro atoms. The molecule has 0 fully saturated rings. The Balaban J connectivity index is 3.01. The molecule has 22 heavy (non-hydrogen) atoms.